The summed E-state index contributed by atoms with van der Waals surface area (Å²) in [6.07, 6.45) is 1.24. The second kappa shape index (κ2) is 6.33. The maximum absolute atomic E-state index is 13.8. The van der Waals surface area contributed by atoms with Crippen molar-refractivity contribution in [2.45, 2.75) is 38.8 Å². The Morgan fingerprint density at radius 2 is 2.10 bits per heavy atom. The first kappa shape index (κ1) is 14.9. The fraction of sp³-hybridized carbons (Fsp3) is 0.429. The summed E-state index contributed by atoms with van der Waals surface area (Å²) in [6.45, 7) is 3.97. The molecule has 1 heterocycles. The van der Waals surface area contributed by atoms with Crippen LogP contribution in [0.25, 0.3) is 0 Å². The number of nitrogens with zero attached hydrogens (tertiary/aromatic N) is 3. The van der Waals surface area contributed by atoms with Gasteiger partial charge in [0.2, 0.25) is 0 Å². The molecule has 0 saturated heterocycles. The van der Waals surface area contributed by atoms with Gasteiger partial charge in [-0.2, -0.15) is 5.10 Å². The van der Waals surface area contributed by atoms with Crippen LogP contribution in [-0.4, -0.2) is 26.0 Å². The minimum absolute atomic E-state index is 0.0695. The zero-order chi connectivity index (χ0) is 14.7. The molecular formula is C14H17ClFN3O. The van der Waals surface area contributed by atoms with E-state index in [-0.39, 0.29) is 17.5 Å². The molecule has 0 saturated carbocycles. The highest BCUT2D eigenvalue weighted by Gasteiger charge is 2.16. The molecule has 0 aliphatic carbocycles. The Bertz CT molecular complexity index is 586. The predicted octanol–water partition coefficient (Wildman–Crippen LogP) is 2.80. The summed E-state index contributed by atoms with van der Waals surface area (Å²) in [5, 5.41) is 14.3. The van der Waals surface area contributed by atoms with Crippen LogP contribution in [0.1, 0.15) is 31.3 Å². The second-order valence-corrected chi connectivity index (χ2v) is 5.40. The fourth-order valence-corrected chi connectivity index (χ4v) is 2.29. The van der Waals surface area contributed by atoms with Gasteiger partial charge in [0.05, 0.1) is 11.1 Å². The van der Waals surface area contributed by atoms with Gasteiger partial charge in [-0.1, -0.05) is 23.7 Å². The van der Waals surface area contributed by atoms with E-state index in [9.17, 15) is 9.50 Å². The largest absolute Gasteiger partial charge is 0.392 e. The molecule has 0 fully saturated rings. The van der Waals surface area contributed by atoms with Crippen molar-refractivity contribution in [1.29, 1.82) is 0 Å². The van der Waals surface area contributed by atoms with E-state index >= 15 is 0 Å². The number of halogens is 2. The lowest BCUT2D eigenvalue weighted by atomic mass is 10.0. The molecule has 108 valence electrons. The van der Waals surface area contributed by atoms with Crippen molar-refractivity contribution in [3.8, 4) is 0 Å². The summed E-state index contributed by atoms with van der Waals surface area (Å²) in [6, 6.07) is 4.95. The van der Waals surface area contributed by atoms with E-state index in [0.717, 1.165) is 0 Å². The molecule has 4 nitrogen and oxygen atoms in total. The van der Waals surface area contributed by atoms with Crippen LogP contribution in [0.4, 0.5) is 4.39 Å². The minimum Gasteiger partial charge on any atom is -0.392 e. The van der Waals surface area contributed by atoms with Gasteiger partial charge >= 0.3 is 0 Å². The van der Waals surface area contributed by atoms with E-state index < -0.39 is 11.9 Å². The monoisotopic (exact) mass is 297 g/mol. The van der Waals surface area contributed by atoms with Gasteiger partial charge in [0.25, 0.3) is 0 Å². The molecule has 1 aromatic heterocycles. The fourth-order valence-electron chi connectivity index (χ4n) is 2.09. The molecule has 6 heteroatoms. The Morgan fingerprint density at radius 3 is 2.80 bits per heavy atom. The van der Waals surface area contributed by atoms with Crippen molar-refractivity contribution < 1.29 is 9.50 Å². The van der Waals surface area contributed by atoms with Crippen LogP contribution in [0.5, 0.6) is 0 Å². The van der Waals surface area contributed by atoms with Crippen LogP contribution < -0.4 is 0 Å². The average molecular weight is 298 g/mol. The van der Waals surface area contributed by atoms with Crippen LogP contribution in [0.2, 0.25) is 5.02 Å². The standard InChI is InChI=1S/C14H17ClFN3O/c1-9(2)19-13(17-8-18-19)7-11(20)6-10-4-3-5-12(15)14(10)16/h3-5,8-9,11,20H,6-7H2,1-2H3. The number of aliphatic hydroxyl groups excluding tert-OH is 1. The molecule has 0 bridgehead atoms. The second-order valence-electron chi connectivity index (χ2n) is 4.99. The van der Waals surface area contributed by atoms with Gasteiger partial charge in [0.1, 0.15) is 18.0 Å². The molecular weight excluding hydrogens is 281 g/mol. The van der Waals surface area contributed by atoms with E-state index in [2.05, 4.69) is 10.1 Å². The summed E-state index contributed by atoms with van der Waals surface area (Å²) in [4.78, 5) is 4.13. The first-order valence-electron chi connectivity index (χ1n) is 6.48. The zero-order valence-electron chi connectivity index (χ0n) is 11.4. The number of aliphatic hydroxyl groups is 1. The Morgan fingerprint density at radius 1 is 1.35 bits per heavy atom. The highest BCUT2D eigenvalue weighted by atomic mass is 35.5. The summed E-state index contributed by atoms with van der Waals surface area (Å²) in [7, 11) is 0. The highest BCUT2D eigenvalue weighted by molar-refractivity contribution is 6.30. The maximum Gasteiger partial charge on any atom is 0.145 e. The summed E-state index contributed by atoms with van der Waals surface area (Å²) in [5.41, 5.74) is 0.403. The smallest absolute Gasteiger partial charge is 0.145 e. The molecule has 0 radical (unpaired) electrons. The normalized spacial score (nSPS) is 12.9. The van der Waals surface area contributed by atoms with Crippen LogP contribution in [0.15, 0.2) is 24.5 Å². The Hall–Kier alpha value is -1.46. The van der Waals surface area contributed by atoms with Crippen LogP contribution in [-0.2, 0) is 12.8 Å². The van der Waals surface area contributed by atoms with E-state index in [0.29, 0.717) is 17.8 Å². The third-order valence-electron chi connectivity index (χ3n) is 3.04. The van der Waals surface area contributed by atoms with Gasteiger partial charge in [0, 0.05) is 18.9 Å². The van der Waals surface area contributed by atoms with Gasteiger partial charge in [-0.05, 0) is 25.5 Å². The van der Waals surface area contributed by atoms with Gasteiger partial charge in [-0.3, -0.25) is 0 Å². The lowest BCUT2D eigenvalue weighted by Gasteiger charge is -2.14. The van der Waals surface area contributed by atoms with Gasteiger partial charge in [-0.25, -0.2) is 14.1 Å². The van der Waals surface area contributed by atoms with Crippen molar-refractivity contribution in [3.63, 3.8) is 0 Å². The molecule has 0 amide bonds. The molecule has 2 rings (SSSR count). The minimum atomic E-state index is -0.732. The van der Waals surface area contributed by atoms with E-state index in [4.69, 9.17) is 11.6 Å². The molecule has 1 N–H and O–H groups in total. The molecule has 20 heavy (non-hydrogen) atoms. The molecule has 1 unspecified atom stereocenters. The Kier molecular flexibility index (Phi) is 4.73. The zero-order valence-corrected chi connectivity index (χ0v) is 12.2. The first-order chi connectivity index (χ1) is 9.49. The van der Waals surface area contributed by atoms with E-state index in [1.54, 1.807) is 16.8 Å². The summed E-state index contributed by atoms with van der Waals surface area (Å²) >= 11 is 5.72. The average Bonchev–Trinajstić information content (AvgIpc) is 2.83. The van der Waals surface area contributed by atoms with Crippen LogP contribution in [0.3, 0.4) is 0 Å². The lowest BCUT2D eigenvalue weighted by molar-refractivity contribution is 0.169. The summed E-state index contributed by atoms with van der Waals surface area (Å²) < 4.78 is 15.5. The third kappa shape index (κ3) is 3.35. The van der Waals surface area contributed by atoms with Gasteiger partial charge < -0.3 is 5.11 Å². The van der Waals surface area contributed by atoms with Crippen LogP contribution in [0, 0.1) is 5.82 Å². The van der Waals surface area contributed by atoms with Crippen LogP contribution >= 0.6 is 11.6 Å². The van der Waals surface area contributed by atoms with Crippen molar-refractivity contribution in [2.75, 3.05) is 0 Å². The van der Waals surface area contributed by atoms with Gasteiger partial charge in [0.15, 0.2) is 0 Å². The molecule has 2 aromatic rings. The molecule has 0 aliphatic rings. The van der Waals surface area contributed by atoms with Crippen molar-refractivity contribution in [3.05, 3.63) is 46.8 Å². The number of hydrogen-bond acceptors (Lipinski definition) is 3. The van der Waals surface area contributed by atoms with Crippen molar-refractivity contribution in [2.24, 2.45) is 0 Å². The highest BCUT2D eigenvalue weighted by Crippen LogP contribution is 2.20. The Balaban J connectivity index is 2.07. The van der Waals surface area contributed by atoms with E-state index in [1.165, 1.54) is 12.4 Å². The third-order valence-corrected chi connectivity index (χ3v) is 3.33. The molecule has 1 atom stereocenters. The predicted molar refractivity (Wildman–Crippen MR) is 75.2 cm³/mol. The number of benzene rings is 1. The maximum atomic E-state index is 13.8. The van der Waals surface area contributed by atoms with E-state index in [1.807, 2.05) is 13.8 Å². The lowest BCUT2D eigenvalue weighted by Crippen LogP contribution is -2.19. The number of aromatic nitrogens is 3. The number of hydrogen-bond donors (Lipinski definition) is 1. The Labute approximate surface area is 122 Å². The van der Waals surface area contributed by atoms with Gasteiger partial charge in [-0.15, -0.1) is 0 Å². The quantitative estimate of drug-likeness (QED) is 0.923. The number of rotatable bonds is 5. The molecule has 0 aliphatic heterocycles. The topological polar surface area (TPSA) is 50.9 Å². The summed E-state index contributed by atoms with van der Waals surface area (Å²) in [5.74, 6) is 0.216. The van der Waals surface area contributed by atoms with Crippen molar-refractivity contribution >= 4 is 11.6 Å². The SMILES string of the molecule is CC(C)n1ncnc1CC(O)Cc1cccc(Cl)c1F. The molecule has 1 aromatic carbocycles. The van der Waals surface area contributed by atoms with Crippen molar-refractivity contribution in [1.82, 2.24) is 14.8 Å². The first-order valence-corrected chi connectivity index (χ1v) is 6.86. The molecule has 0 spiro atoms.